The Morgan fingerprint density at radius 3 is 2.27 bits per heavy atom. The van der Waals surface area contributed by atoms with Gasteiger partial charge in [0.05, 0.1) is 5.25 Å². The second kappa shape index (κ2) is 4.06. The number of hydrogen-bond donors (Lipinski definition) is 1. The van der Waals surface area contributed by atoms with Gasteiger partial charge in [0.25, 0.3) is 0 Å². The number of rotatable bonds is 3. The minimum Gasteiger partial charge on any atom is -0.310 e. The first-order valence-electron chi connectivity index (χ1n) is 5.93. The summed E-state index contributed by atoms with van der Waals surface area (Å²) in [6.07, 6.45) is 6.71. The van der Waals surface area contributed by atoms with Crippen LogP contribution < -0.4 is 5.32 Å². The van der Waals surface area contributed by atoms with E-state index in [1.807, 2.05) is 0 Å². The van der Waals surface area contributed by atoms with Crippen molar-refractivity contribution in [2.45, 2.75) is 56.4 Å². The fraction of sp³-hybridized carbons (Fsp3) is 1.00. The summed E-state index contributed by atoms with van der Waals surface area (Å²) in [5.74, 6) is 0.743. The summed E-state index contributed by atoms with van der Waals surface area (Å²) in [4.78, 5) is 0. The van der Waals surface area contributed by atoms with E-state index in [0.29, 0.717) is 6.04 Å². The number of sulfone groups is 1. The number of nitrogens with one attached hydrogen (secondary N) is 1. The van der Waals surface area contributed by atoms with Crippen molar-refractivity contribution in [2.75, 3.05) is 6.26 Å². The molecule has 0 amide bonds. The van der Waals surface area contributed by atoms with Crippen molar-refractivity contribution >= 4 is 9.84 Å². The molecule has 0 radical (unpaired) electrons. The molecular weight excluding hydrogens is 210 g/mol. The maximum absolute atomic E-state index is 11.6. The van der Waals surface area contributed by atoms with Gasteiger partial charge in [-0.15, -0.1) is 0 Å². The molecule has 88 valence electrons. The molecule has 0 saturated heterocycles. The molecule has 4 unspecified atom stereocenters. The molecule has 0 aliphatic heterocycles. The van der Waals surface area contributed by atoms with E-state index in [-0.39, 0.29) is 11.3 Å². The molecule has 0 heterocycles. The van der Waals surface area contributed by atoms with E-state index in [9.17, 15) is 8.42 Å². The molecule has 2 rings (SSSR count). The largest absolute Gasteiger partial charge is 0.310 e. The minimum absolute atomic E-state index is 0.140. The van der Waals surface area contributed by atoms with E-state index in [2.05, 4.69) is 12.2 Å². The molecule has 15 heavy (non-hydrogen) atoms. The van der Waals surface area contributed by atoms with E-state index in [1.165, 1.54) is 19.1 Å². The highest BCUT2D eigenvalue weighted by Crippen LogP contribution is 2.32. The van der Waals surface area contributed by atoms with Gasteiger partial charge in [-0.2, -0.15) is 0 Å². The van der Waals surface area contributed by atoms with Crippen LogP contribution in [0.15, 0.2) is 0 Å². The lowest BCUT2D eigenvalue weighted by Crippen LogP contribution is -2.47. The van der Waals surface area contributed by atoms with Crippen LogP contribution in [0.4, 0.5) is 0 Å². The molecule has 2 aliphatic rings. The third-order valence-corrected chi connectivity index (χ3v) is 5.45. The fourth-order valence-electron chi connectivity index (χ4n) is 2.63. The summed E-state index contributed by atoms with van der Waals surface area (Å²) in [6.45, 7) is 2.22. The van der Waals surface area contributed by atoms with Crippen LogP contribution in [0.1, 0.15) is 39.0 Å². The van der Waals surface area contributed by atoms with E-state index in [1.54, 1.807) is 0 Å². The van der Waals surface area contributed by atoms with Crippen LogP contribution in [0.2, 0.25) is 0 Å². The van der Waals surface area contributed by atoms with E-state index >= 15 is 0 Å². The Hall–Kier alpha value is -0.0900. The van der Waals surface area contributed by atoms with E-state index < -0.39 is 9.84 Å². The monoisotopic (exact) mass is 231 g/mol. The van der Waals surface area contributed by atoms with Crippen LogP contribution in [0, 0.1) is 5.92 Å². The Labute approximate surface area is 92.6 Å². The van der Waals surface area contributed by atoms with Crippen LogP contribution >= 0.6 is 0 Å². The highest BCUT2D eigenvalue weighted by Gasteiger charge is 2.39. The molecule has 3 nitrogen and oxygen atoms in total. The highest BCUT2D eigenvalue weighted by molar-refractivity contribution is 7.91. The molecule has 2 saturated carbocycles. The first-order valence-corrected chi connectivity index (χ1v) is 7.89. The zero-order chi connectivity index (χ0) is 11.1. The molecule has 1 N–H and O–H groups in total. The van der Waals surface area contributed by atoms with Gasteiger partial charge in [-0.05, 0) is 25.2 Å². The number of hydrogen-bond acceptors (Lipinski definition) is 3. The Kier molecular flexibility index (Phi) is 3.08. The lowest BCUT2D eigenvalue weighted by Gasteiger charge is -2.31. The van der Waals surface area contributed by atoms with Crippen molar-refractivity contribution < 1.29 is 8.42 Å². The maximum atomic E-state index is 11.6. The Morgan fingerprint density at radius 2 is 1.73 bits per heavy atom. The quantitative estimate of drug-likeness (QED) is 0.797. The molecule has 0 bridgehead atoms. The van der Waals surface area contributed by atoms with Crippen molar-refractivity contribution in [3.63, 3.8) is 0 Å². The molecule has 4 heteroatoms. The predicted molar refractivity (Wildman–Crippen MR) is 61.6 cm³/mol. The van der Waals surface area contributed by atoms with Crippen LogP contribution in [-0.2, 0) is 9.84 Å². The van der Waals surface area contributed by atoms with Gasteiger partial charge in [0, 0.05) is 18.3 Å². The SMILES string of the molecule is CC1CC1NC1CCCCC1S(C)(=O)=O. The Bertz CT molecular complexity index is 325. The van der Waals surface area contributed by atoms with Gasteiger partial charge in [-0.3, -0.25) is 0 Å². The smallest absolute Gasteiger partial charge is 0.151 e. The normalized spacial score (nSPS) is 41.5. The molecule has 0 aromatic carbocycles. The first-order chi connectivity index (χ1) is 6.98. The average molecular weight is 231 g/mol. The highest BCUT2D eigenvalue weighted by atomic mass is 32.2. The van der Waals surface area contributed by atoms with Crippen molar-refractivity contribution in [1.82, 2.24) is 5.32 Å². The zero-order valence-electron chi connectivity index (χ0n) is 9.57. The van der Waals surface area contributed by atoms with Crippen LogP contribution in [0.25, 0.3) is 0 Å². The fourth-order valence-corrected chi connectivity index (χ4v) is 4.04. The average Bonchev–Trinajstić information content (AvgIpc) is 2.81. The summed E-state index contributed by atoms with van der Waals surface area (Å²) in [5, 5.41) is 3.38. The maximum Gasteiger partial charge on any atom is 0.151 e. The van der Waals surface area contributed by atoms with Gasteiger partial charge >= 0.3 is 0 Å². The summed E-state index contributed by atoms with van der Waals surface area (Å²) < 4.78 is 23.3. The summed E-state index contributed by atoms with van der Waals surface area (Å²) in [6, 6.07) is 0.793. The molecular formula is C11H21NO2S. The van der Waals surface area contributed by atoms with Gasteiger partial charge < -0.3 is 5.32 Å². The van der Waals surface area contributed by atoms with Gasteiger partial charge in [0.1, 0.15) is 0 Å². The van der Waals surface area contributed by atoms with Gasteiger partial charge in [-0.25, -0.2) is 8.42 Å². The molecule has 0 aromatic rings. The lowest BCUT2D eigenvalue weighted by molar-refractivity contribution is 0.365. The first kappa shape index (κ1) is 11.4. The molecule has 2 aliphatic carbocycles. The van der Waals surface area contributed by atoms with Crippen LogP contribution in [0.5, 0.6) is 0 Å². The summed E-state index contributed by atoms with van der Waals surface area (Å²) in [7, 11) is -2.87. The third kappa shape index (κ3) is 2.72. The summed E-state index contributed by atoms with van der Waals surface area (Å²) >= 11 is 0. The van der Waals surface area contributed by atoms with Crippen molar-refractivity contribution in [1.29, 1.82) is 0 Å². The van der Waals surface area contributed by atoms with Crippen LogP contribution in [-0.4, -0.2) is 32.0 Å². The van der Waals surface area contributed by atoms with Crippen molar-refractivity contribution in [3.05, 3.63) is 0 Å². The lowest BCUT2D eigenvalue weighted by atomic mass is 9.95. The zero-order valence-corrected chi connectivity index (χ0v) is 10.4. The van der Waals surface area contributed by atoms with E-state index in [0.717, 1.165) is 25.2 Å². The molecule has 4 atom stereocenters. The second-order valence-corrected chi connectivity index (χ2v) is 7.51. The minimum atomic E-state index is -2.87. The van der Waals surface area contributed by atoms with Gasteiger partial charge in [0.2, 0.25) is 0 Å². The van der Waals surface area contributed by atoms with Crippen molar-refractivity contribution in [3.8, 4) is 0 Å². The van der Waals surface area contributed by atoms with E-state index in [4.69, 9.17) is 0 Å². The predicted octanol–water partition coefficient (Wildman–Crippen LogP) is 1.34. The molecule has 0 spiro atoms. The Balaban J connectivity index is 1.99. The second-order valence-electron chi connectivity index (χ2n) is 5.25. The standard InChI is InChI=1S/C11H21NO2S/c1-8-7-10(8)12-9-5-3-4-6-11(9)15(2,13)14/h8-12H,3-7H2,1-2H3. The van der Waals surface area contributed by atoms with Gasteiger partial charge in [0.15, 0.2) is 9.84 Å². The third-order valence-electron chi connectivity index (χ3n) is 3.79. The van der Waals surface area contributed by atoms with Crippen molar-refractivity contribution in [2.24, 2.45) is 5.92 Å². The van der Waals surface area contributed by atoms with Crippen LogP contribution in [0.3, 0.4) is 0 Å². The molecule has 0 aromatic heterocycles. The van der Waals surface area contributed by atoms with Gasteiger partial charge in [-0.1, -0.05) is 19.8 Å². The summed E-state index contributed by atoms with van der Waals surface area (Å²) in [5.41, 5.74) is 0. The molecule has 2 fully saturated rings. The Morgan fingerprint density at radius 1 is 1.13 bits per heavy atom. The topological polar surface area (TPSA) is 46.2 Å².